The molecule has 1 aromatic rings. The van der Waals surface area contributed by atoms with Crippen LogP contribution in [0.1, 0.15) is 30.3 Å². The number of amides is 1. The highest BCUT2D eigenvalue weighted by Gasteiger charge is 2.33. The lowest BCUT2D eigenvalue weighted by Gasteiger charge is -2.32. The van der Waals surface area contributed by atoms with E-state index < -0.39 is 11.6 Å². The van der Waals surface area contributed by atoms with Crippen molar-refractivity contribution in [3.8, 4) is 0 Å². The third-order valence-electron chi connectivity index (χ3n) is 4.67. The predicted octanol–water partition coefficient (Wildman–Crippen LogP) is 0.612. The molecular weight excluding hydrogens is 334 g/mol. The Kier molecular flexibility index (Phi) is 7.50. The second-order valence-electron chi connectivity index (χ2n) is 6.61. The Labute approximate surface area is 154 Å². The van der Waals surface area contributed by atoms with Crippen LogP contribution in [0, 0.1) is 0 Å². The van der Waals surface area contributed by atoms with Gasteiger partial charge in [0, 0.05) is 19.6 Å². The maximum absolute atomic E-state index is 12.4. The number of rotatable bonds is 10. The first kappa shape index (κ1) is 20.3. The monoisotopic (exact) mass is 363 g/mol. The number of hydrogen-bond acceptors (Lipinski definition) is 6. The average molecular weight is 363 g/mol. The minimum Gasteiger partial charge on any atom is -0.387 e. The highest BCUT2D eigenvalue weighted by molar-refractivity contribution is 5.92. The van der Waals surface area contributed by atoms with Gasteiger partial charge in [0.2, 0.25) is 0 Å². The zero-order chi connectivity index (χ0) is 19.0. The minimum absolute atomic E-state index is 0.235. The largest absolute Gasteiger partial charge is 0.387 e. The summed E-state index contributed by atoms with van der Waals surface area (Å²) in [7, 11) is 0. The van der Waals surface area contributed by atoms with Gasteiger partial charge in [0.25, 0.3) is 5.91 Å². The number of morpholine rings is 1. The molecule has 8 nitrogen and oxygen atoms in total. The third-order valence-corrected chi connectivity index (χ3v) is 4.67. The van der Waals surface area contributed by atoms with Crippen LogP contribution in [0.15, 0.2) is 31.5 Å². The van der Waals surface area contributed by atoms with E-state index in [1.807, 2.05) is 0 Å². The van der Waals surface area contributed by atoms with Crippen LogP contribution < -0.4 is 5.32 Å². The molecule has 0 aromatic carbocycles. The lowest BCUT2D eigenvalue weighted by Crippen LogP contribution is -2.50. The fourth-order valence-corrected chi connectivity index (χ4v) is 2.92. The summed E-state index contributed by atoms with van der Waals surface area (Å²) in [4.78, 5) is 14.7. The van der Waals surface area contributed by atoms with Crippen molar-refractivity contribution in [2.45, 2.75) is 38.0 Å². The molecule has 2 N–H and O–H groups in total. The lowest BCUT2D eigenvalue weighted by atomic mass is 9.88. The molecule has 1 amide bonds. The van der Waals surface area contributed by atoms with Crippen LogP contribution in [0.5, 0.6) is 0 Å². The van der Waals surface area contributed by atoms with Gasteiger partial charge in [-0.15, -0.1) is 18.3 Å². The van der Waals surface area contributed by atoms with E-state index in [4.69, 9.17) is 4.74 Å². The summed E-state index contributed by atoms with van der Waals surface area (Å²) in [6.07, 6.45) is 5.60. The Balaban J connectivity index is 1.89. The molecule has 0 aliphatic carbocycles. The van der Waals surface area contributed by atoms with Gasteiger partial charge in [-0.25, -0.2) is 0 Å². The fraction of sp³-hybridized carbons (Fsp3) is 0.611. The number of aliphatic hydroxyl groups is 1. The van der Waals surface area contributed by atoms with E-state index in [0.717, 1.165) is 32.8 Å². The molecule has 1 aliphatic rings. The number of ether oxygens (including phenoxy) is 1. The van der Waals surface area contributed by atoms with Crippen LogP contribution in [0.3, 0.4) is 0 Å². The van der Waals surface area contributed by atoms with Crippen LogP contribution in [0.2, 0.25) is 0 Å². The summed E-state index contributed by atoms with van der Waals surface area (Å²) in [5.74, 6) is -0.360. The maximum Gasteiger partial charge on any atom is 0.273 e. The molecule has 0 radical (unpaired) electrons. The molecule has 1 aromatic heterocycles. The molecule has 1 saturated heterocycles. The molecule has 2 rings (SSSR count). The molecule has 0 bridgehead atoms. The fourth-order valence-electron chi connectivity index (χ4n) is 2.92. The maximum atomic E-state index is 12.4. The van der Waals surface area contributed by atoms with Gasteiger partial charge in [-0.05, 0) is 19.8 Å². The van der Waals surface area contributed by atoms with Crippen molar-refractivity contribution in [1.82, 2.24) is 25.2 Å². The van der Waals surface area contributed by atoms with Gasteiger partial charge < -0.3 is 15.2 Å². The van der Waals surface area contributed by atoms with E-state index in [-0.39, 0.29) is 11.6 Å². The van der Waals surface area contributed by atoms with E-state index in [1.54, 1.807) is 30.0 Å². The molecule has 8 heteroatoms. The third kappa shape index (κ3) is 5.48. The van der Waals surface area contributed by atoms with Gasteiger partial charge in [0.1, 0.15) is 0 Å². The summed E-state index contributed by atoms with van der Waals surface area (Å²) in [6, 6.07) is -0.482. The zero-order valence-electron chi connectivity index (χ0n) is 15.4. The first-order chi connectivity index (χ1) is 12.5. The Bertz CT molecular complexity index is 600. The summed E-state index contributed by atoms with van der Waals surface area (Å²) >= 11 is 0. The molecule has 144 valence electrons. The molecule has 2 heterocycles. The molecule has 0 spiro atoms. The van der Waals surface area contributed by atoms with E-state index in [2.05, 4.69) is 33.7 Å². The predicted molar refractivity (Wildman–Crippen MR) is 98.8 cm³/mol. The van der Waals surface area contributed by atoms with E-state index in [1.165, 1.54) is 0 Å². The molecule has 0 saturated carbocycles. The first-order valence-corrected chi connectivity index (χ1v) is 8.94. The number of hydrogen-bond donors (Lipinski definition) is 2. The van der Waals surface area contributed by atoms with Crippen LogP contribution in [0.25, 0.3) is 0 Å². The quantitative estimate of drug-likeness (QED) is 0.592. The number of carbonyl (C=O) groups is 1. The summed E-state index contributed by atoms with van der Waals surface area (Å²) in [5, 5.41) is 21.5. The van der Waals surface area contributed by atoms with Gasteiger partial charge in [-0.2, -0.15) is 0 Å². The smallest absolute Gasteiger partial charge is 0.273 e. The highest BCUT2D eigenvalue weighted by atomic mass is 16.5. The van der Waals surface area contributed by atoms with Crippen molar-refractivity contribution in [2.24, 2.45) is 0 Å². The van der Waals surface area contributed by atoms with Crippen molar-refractivity contribution in [3.05, 3.63) is 37.2 Å². The number of nitrogens with one attached hydrogen (secondary N) is 1. The van der Waals surface area contributed by atoms with Crippen LogP contribution in [0.4, 0.5) is 0 Å². The van der Waals surface area contributed by atoms with Gasteiger partial charge in [0.05, 0.1) is 37.6 Å². The standard InChI is InChI=1S/C18H29N5O3/c1-4-6-18(25,7-5-2)15(3)19-17(24)16-14-23(21-20-16)9-8-22-10-12-26-13-11-22/h4-5,14-15,25H,1-2,6-13H2,3H3,(H,19,24)/t15-/m0/s1. The normalized spacial score (nSPS) is 16.8. The Hall–Kier alpha value is -2.03. The minimum atomic E-state index is -1.12. The van der Waals surface area contributed by atoms with Crippen molar-refractivity contribution >= 4 is 5.91 Å². The number of aromatic nitrogens is 3. The Morgan fingerprint density at radius 3 is 2.65 bits per heavy atom. The zero-order valence-corrected chi connectivity index (χ0v) is 15.4. The van der Waals surface area contributed by atoms with Gasteiger partial charge in [-0.3, -0.25) is 14.4 Å². The average Bonchev–Trinajstić information content (AvgIpc) is 3.10. The molecule has 0 unspecified atom stereocenters. The second-order valence-corrected chi connectivity index (χ2v) is 6.61. The summed E-state index contributed by atoms with van der Waals surface area (Å²) < 4.78 is 6.99. The van der Waals surface area contributed by atoms with Crippen molar-refractivity contribution in [3.63, 3.8) is 0 Å². The lowest BCUT2D eigenvalue weighted by molar-refractivity contribution is 0.0127. The second kappa shape index (κ2) is 9.61. The van der Waals surface area contributed by atoms with Crippen molar-refractivity contribution < 1.29 is 14.6 Å². The summed E-state index contributed by atoms with van der Waals surface area (Å²) in [5.41, 5.74) is -0.885. The van der Waals surface area contributed by atoms with Gasteiger partial charge >= 0.3 is 0 Å². The number of nitrogens with zero attached hydrogens (tertiary/aromatic N) is 4. The molecule has 26 heavy (non-hydrogen) atoms. The van der Waals surface area contributed by atoms with E-state index in [0.29, 0.717) is 19.4 Å². The van der Waals surface area contributed by atoms with Crippen molar-refractivity contribution in [2.75, 3.05) is 32.8 Å². The van der Waals surface area contributed by atoms with Crippen LogP contribution >= 0.6 is 0 Å². The first-order valence-electron chi connectivity index (χ1n) is 8.94. The molecule has 1 atom stereocenters. The Morgan fingerprint density at radius 1 is 1.38 bits per heavy atom. The van der Waals surface area contributed by atoms with Gasteiger partial charge in [-0.1, -0.05) is 17.4 Å². The van der Waals surface area contributed by atoms with Crippen LogP contribution in [-0.2, 0) is 11.3 Å². The molecular formula is C18H29N5O3. The SMILES string of the molecule is C=CCC(O)(CC=C)[C@H](C)NC(=O)c1cn(CCN2CCOCC2)nn1. The molecule has 1 fully saturated rings. The highest BCUT2D eigenvalue weighted by Crippen LogP contribution is 2.21. The summed E-state index contributed by atoms with van der Waals surface area (Å²) in [6.45, 7) is 13.9. The van der Waals surface area contributed by atoms with E-state index >= 15 is 0 Å². The number of carbonyl (C=O) groups excluding carboxylic acids is 1. The van der Waals surface area contributed by atoms with Gasteiger partial charge in [0.15, 0.2) is 5.69 Å². The topological polar surface area (TPSA) is 92.5 Å². The Morgan fingerprint density at radius 2 is 2.04 bits per heavy atom. The molecule has 1 aliphatic heterocycles. The van der Waals surface area contributed by atoms with Crippen LogP contribution in [-0.4, -0.2) is 75.4 Å². The van der Waals surface area contributed by atoms with E-state index in [9.17, 15) is 9.90 Å². The van der Waals surface area contributed by atoms with Crippen molar-refractivity contribution in [1.29, 1.82) is 0 Å².